The standard InChI is InChI=1S/C18H29NO3S2/c1-12(18-7-13-4-14(8-18)6-15(5-13)9-18)19-17(20)10-23-16-2-3-24(21,22)11-16/h12-16H,2-11H2,1H3,(H,19,20)/t12-,13?,14?,15?,16-,18?/m1/s1. The van der Waals surface area contributed by atoms with Crippen LogP contribution in [0.4, 0.5) is 0 Å². The van der Waals surface area contributed by atoms with Crippen molar-refractivity contribution in [2.75, 3.05) is 17.3 Å². The monoisotopic (exact) mass is 371 g/mol. The third-order valence-corrected chi connectivity index (χ3v) is 10.3. The van der Waals surface area contributed by atoms with Gasteiger partial charge in [-0.05, 0) is 75.0 Å². The molecule has 1 heterocycles. The second-order valence-electron chi connectivity index (χ2n) is 8.91. The summed E-state index contributed by atoms with van der Waals surface area (Å²) < 4.78 is 23.0. The van der Waals surface area contributed by atoms with Crippen molar-refractivity contribution >= 4 is 27.5 Å². The maximum Gasteiger partial charge on any atom is 0.230 e. The number of thioether (sulfide) groups is 1. The third-order valence-electron chi connectivity index (χ3n) is 7.02. The van der Waals surface area contributed by atoms with Crippen LogP contribution < -0.4 is 5.32 Å². The molecule has 0 aromatic carbocycles. The fraction of sp³-hybridized carbons (Fsp3) is 0.944. The summed E-state index contributed by atoms with van der Waals surface area (Å²) in [6.45, 7) is 2.20. The Morgan fingerprint density at radius 2 is 1.75 bits per heavy atom. The van der Waals surface area contributed by atoms with Gasteiger partial charge in [0, 0.05) is 11.3 Å². The minimum atomic E-state index is -2.85. The molecule has 0 spiro atoms. The van der Waals surface area contributed by atoms with E-state index in [0.717, 1.165) is 17.8 Å². The highest BCUT2D eigenvalue weighted by Gasteiger charge is 2.53. The first-order valence-electron chi connectivity index (χ1n) is 9.45. The van der Waals surface area contributed by atoms with Gasteiger partial charge in [-0.3, -0.25) is 4.79 Å². The minimum Gasteiger partial charge on any atom is -0.352 e. The van der Waals surface area contributed by atoms with Crippen molar-refractivity contribution in [3.63, 3.8) is 0 Å². The van der Waals surface area contributed by atoms with Crippen LogP contribution in [-0.4, -0.2) is 42.9 Å². The molecule has 1 amide bonds. The normalized spacial score (nSPS) is 43.7. The molecule has 4 saturated carbocycles. The van der Waals surface area contributed by atoms with Gasteiger partial charge in [-0.25, -0.2) is 8.42 Å². The van der Waals surface area contributed by atoms with Crippen molar-refractivity contribution < 1.29 is 13.2 Å². The zero-order valence-corrected chi connectivity index (χ0v) is 16.1. The van der Waals surface area contributed by atoms with Crippen LogP contribution in [0, 0.1) is 23.2 Å². The molecule has 5 fully saturated rings. The number of hydrogen-bond acceptors (Lipinski definition) is 4. The molecule has 0 unspecified atom stereocenters. The molecule has 0 aromatic heterocycles. The second kappa shape index (κ2) is 6.19. The Morgan fingerprint density at radius 1 is 1.17 bits per heavy atom. The van der Waals surface area contributed by atoms with Crippen LogP contribution in [0.1, 0.15) is 51.9 Å². The van der Waals surface area contributed by atoms with Crippen molar-refractivity contribution in [3.8, 4) is 0 Å². The van der Waals surface area contributed by atoms with Crippen molar-refractivity contribution in [1.29, 1.82) is 0 Å². The van der Waals surface area contributed by atoms with Gasteiger partial charge in [0.1, 0.15) is 0 Å². The fourth-order valence-corrected chi connectivity index (χ4v) is 9.68. The van der Waals surface area contributed by atoms with Crippen molar-refractivity contribution in [3.05, 3.63) is 0 Å². The topological polar surface area (TPSA) is 63.2 Å². The molecule has 5 rings (SSSR count). The highest BCUT2D eigenvalue weighted by atomic mass is 32.2. The molecule has 4 nitrogen and oxygen atoms in total. The molecule has 4 aliphatic carbocycles. The molecule has 6 heteroatoms. The first-order valence-corrected chi connectivity index (χ1v) is 12.3. The second-order valence-corrected chi connectivity index (χ2v) is 12.4. The predicted octanol–water partition coefficient (Wildman–Crippen LogP) is 2.63. The van der Waals surface area contributed by atoms with E-state index in [0.29, 0.717) is 17.6 Å². The summed E-state index contributed by atoms with van der Waals surface area (Å²) in [4.78, 5) is 12.4. The van der Waals surface area contributed by atoms with E-state index in [4.69, 9.17) is 0 Å². The molecular weight excluding hydrogens is 342 g/mol. The fourth-order valence-electron chi connectivity index (χ4n) is 6.23. The van der Waals surface area contributed by atoms with E-state index in [2.05, 4.69) is 12.2 Å². The maximum atomic E-state index is 12.4. The van der Waals surface area contributed by atoms with Crippen LogP contribution in [0.3, 0.4) is 0 Å². The van der Waals surface area contributed by atoms with Gasteiger partial charge in [0.15, 0.2) is 9.84 Å². The molecule has 2 atom stereocenters. The molecular formula is C18H29NO3S2. The van der Waals surface area contributed by atoms with Gasteiger partial charge in [-0.2, -0.15) is 0 Å². The maximum absolute atomic E-state index is 12.4. The van der Waals surface area contributed by atoms with Gasteiger partial charge < -0.3 is 5.32 Å². The lowest BCUT2D eigenvalue weighted by Gasteiger charge is -2.59. The van der Waals surface area contributed by atoms with Gasteiger partial charge in [0.2, 0.25) is 5.91 Å². The summed E-state index contributed by atoms with van der Waals surface area (Å²) in [5.41, 5.74) is 0.339. The number of amides is 1. The van der Waals surface area contributed by atoms with Crippen LogP contribution in [0.5, 0.6) is 0 Å². The predicted molar refractivity (Wildman–Crippen MR) is 97.7 cm³/mol. The Balaban J connectivity index is 1.30. The van der Waals surface area contributed by atoms with Gasteiger partial charge in [-0.1, -0.05) is 0 Å². The van der Waals surface area contributed by atoms with Crippen molar-refractivity contribution in [2.24, 2.45) is 23.2 Å². The Bertz CT molecular complexity index is 580. The minimum absolute atomic E-state index is 0.0903. The van der Waals surface area contributed by atoms with E-state index in [-0.39, 0.29) is 28.7 Å². The summed E-state index contributed by atoms with van der Waals surface area (Å²) in [7, 11) is -2.85. The van der Waals surface area contributed by atoms with E-state index in [1.165, 1.54) is 50.3 Å². The number of carbonyl (C=O) groups excluding carboxylic acids is 1. The molecule has 4 bridgehead atoms. The number of hydrogen-bond donors (Lipinski definition) is 1. The molecule has 5 aliphatic rings. The number of rotatable bonds is 5. The average molecular weight is 372 g/mol. The van der Waals surface area contributed by atoms with E-state index in [1.54, 1.807) is 0 Å². The van der Waals surface area contributed by atoms with Gasteiger partial charge >= 0.3 is 0 Å². The average Bonchev–Trinajstić information content (AvgIpc) is 2.83. The molecule has 1 aliphatic heterocycles. The lowest BCUT2D eigenvalue weighted by atomic mass is 9.48. The summed E-state index contributed by atoms with van der Waals surface area (Å²) >= 11 is 1.52. The van der Waals surface area contributed by atoms with Gasteiger partial charge in [0.25, 0.3) is 0 Å². The van der Waals surface area contributed by atoms with Crippen LogP contribution in [0.2, 0.25) is 0 Å². The largest absolute Gasteiger partial charge is 0.352 e. The molecule has 1 saturated heterocycles. The highest BCUT2D eigenvalue weighted by molar-refractivity contribution is 8.02. The van der Waals surface area contributed by atoms with Gasteiger partial charge in [0.05, 0.1) is 17.3 Å². The number of sulfone groups is 1. The zero-order valence-electron chi connectivity index (χ0n) is 14.5. The highest BCUT2D eigenvalue weighted by Crippen LogP contribution is 2.61. The molecule has 136 valence electrons. The summed E-state index contributed by atoms with van der Waals surface area (Å²) in [5.74, 6) is 3.71. The summed E-state index contributed by atoms with van der Waals surface area (Å²) in [6, 6.07) is 0.256. The van der Waals surface area contributed by atoms with E-state index in [1.807, 2.05) is 0 Å². The quantitative estimate of drug-likeness (QED) is 0.807. The van der Waals surface area contributed by atoms with Crippen molar-refractivity contribution in [2.45, 2.75) is 63.2 Å². The number of nitrogens with one attached hydrogen (secondary N) is 1. The molecule has 24 heavy (non-hydrogen) atoms. The molecule has 0 radical (unpaired) electrons. The van der Waals surface area contributed by atoms with Crippen LogP contribution >= 0.6 is 11.8 Å². The Kier molecular flexibility index (Phi) is 4.43. The Labute approximate surface area is 149 Å². The van der Waals surface area contributed by atoms with E-state index in [9.17, 15) is 13.2 Å². The van der Waals surface area contributed by atoms with Crippen LogP contribution in [-0.2, 0) is 14.6 Å². The SMILES string of the molecule is C[C@@H](NC(=O)CS[C@@H]1CCS(=O)(=O)C1)C12CC3CC(CC(C3)C1)C2. The smallest absolute Gasteiger partial charge is 0.230 e. The lowest BCUT2D eigenvalue weighted by Crippen LogP contribution is -2.56. The van der Waals surface area contributed by atoms with E-state index >= 15 is 0 Å². The van der Waals surface area contributed by atoms with E-state index < -0.39 is 9.84 Å². The number of carbonyl (C=O) groups is 1. The van der Waals surface area contributed by atoms with Crippen LogP contribution in [0.25, 0.3) is 0 Å². The third kappa shape index (κ3) is 3.37. The van der Waals surface area contributed by atoms with Gasteiger partial charge in [-0.15, -0.1) is 11.8 Å². The zero-order chi connectivity index (χ0) is 16.9. The Morgan fingerprint density at radius 3 is 2.25 bits per heavy atom. The lowest BCUT2D eigenvalue weighted by molar-refractivity contribution is -0.123. The Hall–Kier alpha value is -0.230. The first kappa shape index (κ1) is 17.2. The van der Waals surface area contributed by atoms with Crippen LogP contribution in [0.15, 0.2) is 0 Å². The van der Waals surface area contributed by atoms with Crippen molar-refractivity contribution in [1.82, 2.24) is 5.32 Å². The molecule has 0 aromatic rings. The first-order chi connectivity index (χ1) is 11.3. The summed E-state index contributed by atoms with van der Waals surface area (Å²) in [5, 5.41) is 3.38. The molecule has 1 N–H and O–H groups in total. The summed E-state index contributed by atoms with van der Waals surface area (Å²) in [6.07, 6.45) is 8.87.